The Morgan fingerprint density at radius 2 is 1.75 bits per heavy atom. The van der Waals surface area contributed by atoms with Gasteiger partial charge in [-0.15, -0.1) is 11.8 Å². The Kier molecular flexibility index (Phi) is 5.74. The SMILES string of the molecule is COc1ccc(OCCSCc2nc(-c3ccccc3)no2)cc1. The third-order valence-corrected chi connectivity index (χ3v) is 4.19. The molecule has 1 heterocycles. The van der Waals surface area contributed by atoms with Gasteiger partial charge in [0.05, 0.1) is 19.5 Å². The Morgan fingerprint density at radius 1 is 1.00 bits per heavy atom. The van der Waals surface area contributed by atoms with Crippen LogP contribution in [0.4, 0.5) is 0 Å². The van der Waals surface area contributed by atoms with E-state index in [1.807, 2.05) is 54.6 Å². The van der Waals surface area contributed by atoms with Crippen LogP contribution in [0.25, 0.3) is 11.4 Å². The van der Waals surface area contributed by atoms with Crippen molar-refractivity contribution < 1.29 is 14.0 Å². The summed E-state index contributed by atoms with van der Waals surface area (Å²) in [7, 11) is 1.65. The van der Waals surface area contributed by atoms with Gasteiger partial charge in [0.25, 0.3) is 0 Å². The van der Waals surface area contributed by atoms with Crippen LogP contribution in [0.15, 0.2) is 59.1 Å². The van der Waals surface area contributed by atoms with E-state index >= 15 is 0 Å². The molecule has 124 valence electrons. The minimum absolute atomic E-state index is 0.622. The Morgan fingerprint density at radius 3 is 2.50 bits per heavy atom. The molecule has 1 aromatic heterocycles. The van der Waals surface area contributed by atoms with E-state index in [9.17, 15) is 0 Å². The minimum Gasteiger partial charge on any atom is -0.497 e. The predicted octanol–water partition coefficient (Wildman–Crippen LogP) is 4.06. The summed E-state index contributed by atoms with van der Waals surface area (Å²) in [6.07, 6.45) is 0. The molecule has 3 aromatic rings. The summed E-state index contributed by atoms with van der Waals surface area (Å²) in [5.41, 5.74) is 0.959. The van der Waals surface area contributed by atoms with Crippen molar-refractivity contribution in [2.75, 3.05) is 19.5 Å². The molecule has 0 atom stereocenters. The zero-order valence-electron chi connectivity index (χ0n) is 13.3. The molecule has 24 heavy (non-hydrogen) atoms. The predicted molar refractivity (Wildman–Crippen MR) is 94.4 cm³/mol. The van der Waals surface area contributed by atoms with E-state index in [0.717, 1.165) is 22.8 Å². The molecule has 0 saturated heterocycles. The normalized spacial score (nSPS) is 10.5. The fourth-order valence-electron chi connectivity index (χ4n) is 2.07. The van der Waals surface area contributed by atoms with E-state index in [1.165, 1.54) is 0 Å². The maximum Gasteiger partial charge on any atom is 0.236 e. The van der Waals surface area contributed by atoms with Crippen LogP contribution < -0.4 is 9.47 Å². The molecule has 0 fully saturated rings. The zero-order chi connectivity index (χ0) is 16.6. The second-order valence-corrected chi connectivity index (χ2v) is 6.06. The van der Waals surface area contributed by atoms with E-state index in [-0.39, 0.29) is 0 Å². The molecule has 0 N–H and O–H groups in total. The average molecular weight is 342 g/mol. The topological polar surface area (TPSA) is 57.4 Å². The largest absolute Gasteiger partial charge is 0.497 e. The van der Waals surface area contributed by atoms with Crippen molar-refractivity contribution in [2.45, 2.75) is 5.75 Å². The quantitative estimate of drug-likeness (QED) is 0.576. The van der Waals surface area contributed by atoms with Crippen LogP contribution in [0, 0.1) is 0 Å². The van der Waals surface area contributed by atoms with Gasteiger partial charge < -0.3 is 14.0 Å². The van der Waals surface area contributed by atoms with Gasteiger partial charge in [0.2, 0.25) is 11.7 Å². The van der Waals surface area contributed by atoms with Gasteiger partial charge in [-0.1, -0.05) is 35.5 Å². The van der Waals surface area contributed by atoms with E-state index in [4.69, 9.17) is 14.0 Å². The molecule has 0 aliphatic heterocycles. The van der Waals surface area contributed by atoms with Crippen molar-refractivity contribution in [2.24, 2.45) is 0 Å². The third-order valence-electron chi connectivity index (χ3n) is 3.28. The Balaban J connectivity index is 1.40. The van der Waals surface area contributed by atoms with Crippen molar-refractivity contribution in [3.8, 4) is 22.9 Å². The molecule has 0 radical (unpaired) electrons. The second-order valence-electron chi connectivity index (χ2n) is 4.95. The van der Waals surface area contributed by atoms with Crippen molar-refractivity contribution in [1.29, 1.82) is 0 Å². The Hall–Kier alpha value is -2.47. The lowest BCUT2D eigenvalue weighted by Gasteiger charge is -2.06. The van der Waals surface area contributed by atoms with E-state index in [0.29, 0.717) is 24.1 Å². The van der Waals surface area contributed by atoms with Crippen molar-refractivity contribution >= 4 is 11.8 Å². The van der Waals surface area contributed by atoms with E-state index in [2.05, 4.69) is 10.1 Å². The Bertz CT molecular complexity index is 744. The molecular formula is C18H18N2O3S. The van der Waals surface area contributed by atoms with Gasteiger partial charge in [-0.3, -0.25) is 0 Å². The molecule has 5 nitrogen and oxygen atoms in total. The number of aromatic nitrogens is 2. The zero-order valence-corrected chi connectivity index (χ0v) is 14.2. The van der Waals surface area contributed by atoms with Crippen LogP contribution in [0.1, 0.15) is 5.89 Å². The van der Waals surface area contributed by atoms with Crippen LogP contribution in [-0.2, 0) is 5.75 Å². The van der Waals surface area contributed by atoms with Crippen molar-refractivity contribution in [3.63, 3.8) is 0 Å². The molecule has 0 bridgehead atoms. The van der Waals surface area contributed by atoms with Gasteiger partial charge in [0.1, 0.15) is 11.5 Å². The number of hydrogen-bond donors (Lipinski definition) is 0. The molecular weight excluding hydrogens is 324 g/mol. The number of ether oxygens (including phenoxy) is 2. The number of hydrogen-bond acceptors (Lipinski definition) is 6. The lowest BCUT2D eigenvalue weighted by molar-refractivity contribution is 0.342. The summed E-state index contributed by atoms with van der Waals surface area (Å²) in [5.74, 6) is 4.42. The van der Waals surface area contributed by atoms with Crippen LogP contribution in [-0.4, -0.2) is 29.6 Å². The molecule has 0 spiro atoms. The summed E-state index contributed by atoms with van der Waals surface area (Å²) in [6, 6.07) is 17.4. The molecule has 0 aliphatic carbocycles. The number of nitrogens with zero attached hydrogens (tertiary/aromatic N) is 2. The van der Waals surface area contributed by atoms with Crippen LogP contribution in [0.5, 0.6) is 11.5 Å². The number of thioether (sulfide) groups is 1. The van der Waals surface area contributed by atoms with Gasteiger partial charge >= 0.3 is 0 Å². The van der Waals surface area contributed by atoms with Gasteiger partial charge in [-0.25, -0.2) is 0 Å². The average Bonchev–Trinajstić information content (AvgIpc) is 3.12. The molecule has 0 aliphatic rings. The van der Waals surface area contributed by atoms with Crippen LogP contribution >= 0.6 is 11.8 Å². The highest BCUT2D eigenvalue weighted by molar-refractivity contribution is 7.98. The third kappa shape index (κ3) is 4.52. The summed E-state index contributed by atoms with van der Waals surface area (Å²) < 4.78 is 16.1. The first-order valence-corrected chi connectivity index (χ1v) is 8.73. The highest BCUT2D eigenvalue weighted by atomic mass is 32.2. The lowest BCUT2D eigenvalue weighted by Crippen LogP contribution is -2.00. The molecule has 0 amide bonds. The highest BCUT2D eigenvalue weighted by Crippen LogP contribution is 2.19. The first-order valence-electron chi connectivity index (χ1n) is 7.58. The first kappa shape index (κ1) is 16.4. The number of methoxy groups -OCH3 is 1. The van der Waals surface area contributed by atoms with Crippen LogP contribution in [0.3, 0.4) is 0 Å². The maximum atomic E-state index is 5.67. The monoisotopic (exact) mass is 342 g/mol. The summed E-state index contributed by atoms with van der Waals surface area (Å²) in [6.45, 7) is 0.622. The molecule has 0 unspecified atom stereocenters. The van der Waals surface area contributed by atoms with Crippen molar-refractivity contribution in [3.05, 3.63) is 60.5 Å². The van der Waals surface area contributed by atoms with Gasteiger partial charge in [0.15, 0.2) is 0 Å². The summed E-state index contributed by atoms with van der Waals surface area (Å²) >= 11 is 1.70. The molecule has 0 saturated carbocycles. The molecule has 6 heteroatoms. The second kappa shape index (κ2) is 8.40. The first-order chi connectivity index (χ1) is 11.8. The van der Waals surface area contributed by atoms with Crippen LogP contribution in [0.2, 0.25) is 0 Å². The number of benzene rings is 2. The Labute approximate surface area is 145 Å². The molecule has 2 aromatic carbocycles. The van der Waals surface area contributed by atoms with E-state index in [1.54, 1.807) is 18.9 Å². The lowest BCUT2D eigenvalue weighted by atomic mass is 10.2. The smallest absolute Gasteiger partial charge is 0.236 e. The highest BCUT2D eigenvalue weighted by Gasteiger charge is 2.08. The number of rotatable bonds is 8. The fourth-order valence-corrected chi connectivity index (χ4v) is 2.71. The summed E-state index contributed by atoms with van der Waals surface area (Å²) in [4.78, 5) is 4.40. The maximum absolute atomic E-state index is 5.67. The standard InChI is InChI=1S/C18H18N2O3S/c1-21-15-7-9-16(10-8-15)22-11-12-24-13-17-19-18(20-23-17)14-5-3-2-4-6-14/h2-10H,11-13H2,1H3. The van der Waals surface area contributed by atoms with E-state index < -0.39 is 0 Å². The fraction of sp³-hybridized carbons (Fsp3) is 0.222. The van der Waals surface area contributed by atoms with Gasteiger partial charge in [-0.2, -0.15) is 4.98 Å². The van der Waals surface area contributed by atoms with Gasteiger partial charge in [0, 0.05) is 11.3 Å². The summed E-state index contributed by atoms with van der Waals surface area (Å²) in [5, 5.41) is 4.01. The minimum atomic E-state index is 0.622. The molecule has 3 rings (SSSR count). The van der Waals surface area contributed by atoms with Gasteiger partial charge in [-0.05, 0) is 24.3 Å². The van der Waals surface area contributed by atoms with Crippen molar-refractivity contribution in [1.82, 2.24) is 10.1 Å².